The molecule has 54 heavy (non-hydrogen) atoms. The first-order valence-electron chi connectivity index (χ1n) is 21.4. The van der Waals surface area contributed by atoms with Crippen LogP contribution < -0.4 is 69.3 Å². The standard InChI is InChI=1S/2C22H40O4.2Na/c2*1-2-3-4-5-6-7-8-9-10-11-12-13-14-15-16-17-20-26-22(25)19-18-21(23)24;;/h2*18-19H,2-17,20H2,1H3,(H,23,24);;/q;;2*+1/p-2. The van der Waals surface area contributed by atoms with Crippen molar-refractivity contribution in [2.45, 2.75) is 219 Å². The zero-order chi connectivity index (χ0) is 38.6. The predicted octanol–water partition coefficient (Wildman–Crippen LogP) is 4.20. The van der Waals surface area contributed by atoms with Gasteiger partial charge in [-0.15, -0.1) is 0 Å². The molecule has 0 saturated carbocycles. The summed E-state index contributed by atoms with van der Waals surface area (Å²) in [6.45, 7) is 5.24. The molecule has 304 valence electrons. The maximum absolute atomic E-state index is 11.1. The van der Waals surface area contributed by atoms with Crippen LogP contribution in [0.5, 0.6) is 0 Å². The van der Waals surface area contributed by atoms with Gasteiger partial charge >= 0.3 is 71.1 Å². The van der Waals surface area contributed by atoms with E-state index < -0.39 is 23.9 Å². The normalized spacial score (nSPS) is 10.7. The molecule has 0 aromatic carbocycles. The predicted molar refractivity (Wildman–Crippen MR) is 209 cm³/mol. The summed E-state index contributed by atoms with van der Waals surface area (Å²) in [6.07, 6.45) is 44.9. The molecule has 0 spiro atoms. The van der Waals surface area contributed by atoms with Crippen molar-refractivity contribution in [2.75, 3.05) is 13.2 Å². The van der Waals surface area contributed by atoms with E-state index in [1.54, 1.807) is 0 Å². The van der Waals surface area contributed by atoms with Gasteiger partial charge in [-0.05, 0) is 25.0 Å². The number of aliphatic carboxylic acids is 2. The molecule has 0 aliphatic heterocycles. The third-order valence-corrected chi connectivity index (χ3v) is 9.20. The topological polar surface area (TPSA) is 133 Å². The average Bonchev–Trinajstić information content (AvgIpc) is 3.12. The Morgan fingerprint density at radius 2 is 0.519 bits per heavy atom. The molecule has 0 radical (unpaired) electrons. The molecule has 0 bridgehead atoms. The zero-order valence-electron chi connectivity index (χ0n) is 35.6. The van der Waals surface area contributed by atoms with Crippen LogP contribution in [0.15, 0.2) is 24.3 Å². The van der Waals surface area contributed by atoms with Crippen LogP contribution in [0.1, 0.15) is 219 Å². The summed E-state index contributed by atoms with van der Waals surface area (Å²) in [4.78, 5) is 42.5. The van der Waals surface area contributed by atoms with Crippen molar-refractivity contribution in [3.05, 3.63) is 24.3 Å². The Morgan fingerprint density at radius 3 is 0.704 bits per heavy atom. The van der Waals surface area contributed by atoms with Gasteiger partial charge in [-0.2, -0.15) is 0 Å². The molecule has 0 N–H and O–H groups in total. The second-order valence-electron chi connectivity index (χ2n) is 14.2. The van der Waals surface area contributed by atoms with E-state index in [1.165, 1.54) is 180 Å². The number of ether oxygens (including phenoxy) is 2. The molecule has 0 aromatic heterocycles. The largest absolute Gasteiger partial charge is 1.00 e. The Hall–Kier alpha value is -0.640. The van der Waals surface area contributed by atoms with E-state index in [9.17, 15) is 29.4 Å². The number of unbranched alkanes of at least 4 members (excludes halogenated alkanes) is 30. The van der Waals surface area contributed by atoms with Gasteiger partial charge in [0.05, 0.1) is 25.2 Å². The van der Waals surface area contributed by atoms with E-state index in [2.05, 4.69) is 13.8 Å². The van der Waals surface area contributed by atoms with E-state index in [-0.39, 0.29) is 59.1 Å². The van der Waals surface area contributed by atoms with Gasteiger partial charge < -0.3 is 29.3 Å². The van der Waals surface area contributed by atoms with Gasteiger partial charge in [0, 0.05) is 12.2 Å². The van der Waals surface area contributed by atoms with E-state index in [0.29, 0.717) is 25.4 Å². The maximum atomic E-state index is 11.1. The minimum Gasteiger partial charge on any atom is -0.545 e. The number of carbonyl (C=O) groups is 4. The van der Waals surface area contributed by atoms with Gasteiger partial charge in [0.25, 0.3) is 0 Å². The SMILES string of the molecule is CCCCCCCCCCCCCCCCCCOC(=O)C=CC(=O)[O-].CCCCCCCCCCCCCCCCCCOC(=O)C=CC(=O)[O-].[Na+].[Na+]. The van der Waals surface area contributed by atoms with Crippen LogP contribution >= 0.6 is 0 Å². The Kier molecular flexibility index (Phi) is 58.2. The summed E-state index contributed by atoms with van der Waals surface area (Å²) in [5.41, 5.74) is 0. The maximum Gasteiger partial charge on any atom is 1.00 e. The van der Waals surface area contributed by atoms with Crippen molar-refractivity contribution in [1.82, 2.24) is 0 Å². The summed E-state index contributed by atoms with van der Waals surface area (Å²) in [5.74, 6) is -4.00. The van der Waals surface area contributed by atoms with Crippen LogP contribution in [-0.2, 0) is 28.7 Å². The van der Waals surface area contributed by atoms with Gasteiger partial charge in [-0.3, -0.25) is 0 Å². The summed E-state index contributed by atoms with van der Waals surface area (Å²) in [7, 11) is 0. The molecular formula is C44H78Na2O8. The van der Waals surface area contributed by atoms with E-state index in [4.69, 9.17) is 9.47 Å². The van der Waals surface area contributed by atoms with Crippen LogP contribution in [0.2, 0.25) is 0 Å². The van der Waals surface area contributed by atoms with Crippen molar-refractivity contribution < 1.29 is 98.0 Å². The Balaban J connectivity index is -0.000000446. The van der Waals surface area contributed by atoms with Crippen LogP contribution in [0, 0.1) is 0 Å². The first kappa shape index (κ1) is 60.0. The molecule has 0 aliphatic carbocycles. The molecule has 10 heteroatoms. The number of hydrogen-bond donors (Lipinski definition) is 0. The first-order valence-corrected chi connectivity index (χ1v) is 21.4. The fourth-order valence-electron chi connectivity index (χ4n) is 6.01. The van der Waals surface area contributed by atoms with Crippen LogP contribution in [0.25, 0.3) is 0 Å². The second-order valence-corrected chi connectivity index (χ2v) is 14.2. The minimum atomic E-state index is -1.38. The molecule has 0 rings (SSSR count). The first-order chi connectivity index (χ1) is 25.3. The Labute approximate surface area is 375 Å². The molecule has 0 amide bonds. The van der Waals surface area contributed by atoms with Crippen molar-refractivity contribution in [3.8, 4) is 0 Å². The minimum absolute atomic E-state index is 0. The fourth-order valence-corrected chi connectivity index (χ4v) is 6.01. The molecule has 0 aromatic rings. The molecule has 0 saturated heterocycles. The number of carbonyl (C=O) groups excluding carboxylic acids is 4. The van der Waals surface area contributed by atoms with Gasteiger partial charge in [-0.25, -0.2) is 9.59 Å². The van der Waals surface area contributed by atoms with Gasteiger partial charge in [0.2, 0.25) is 0 Å². The molecule has 0 aliphatic rings. The molecule has 8 nitrogen and oxygen atoms in total. The van der Waals surface area contributed by atoms with Gasteiger partial charge in [0.15, 0.2) is 0 Å². The summed E-state index contributed by atoms with van der Waals surface area (Å²) in [6, 6.07) is 0. The number of hydrogen-bond acceptors (Lipinski definition) is 8. The van der Waals surface area contributed by atoms with Crippen LogP contribution in [0.3, 0.4) is 0 Å². The van der Waals surface area contributed by atoms with E-state index >= 15 is 0 Å². The zero-order valence-corrected chi connectivity index (χ0v) is 39.6. The summed E-state index contributed by atoms with van der Waals surface area (Å²) >= 11 is 0. The quantitative estimate of drug-likeness (QED) is 0.0395. The van der Waals surface area contributed by atoms with Crippen molar-refractivity contribution in [2.24, 2.45) is 0 Å². The third-order valence-electron chi connectivity index (χ3n) is 9.20. The smallest absolute Gasteiger partial charge is 0.545 e. The summed E-state index contributed by atoms with van der Waals surface area (Å²) < 4.78 is 9.79. The van der Waals surface area contributed by atoms with E-state index in [1.807, 2.05) is 0 Å². The monoisotopic (exact) mass is 781 g/mol. The molecular weight excluding hydrogens is 702 g/mol. The number of carboxylic acid groups (broad SMARTS) is 2. The number of carboxylic acids is 2. The van der Waals surface area contributed by atoms with Crippen molar-refractivity contribution >= 4 is 23.9 Å². The van der Waals surface area contributed by atoms with Gasteiger partial charge in [-0.1, -0.05) is 206 Å². The Morgan fingerprint density at radius 1 is 0.333 bits per heavy atom. The third kappa shape index (κ3) is 58.1. The second kappa shape index (κ2) is 52.4. The van der Waals surface area contributed by atoms with Crippen molar-refractivity contribution in [1.29, 1.82) is 0 Å². The number of rotatable bonds is 38. The number of esters is 2. The average molecular weight is 781 g/mol. The van der Waals surface area contributed by atoms with E-state index in [0.717, 1.165) is 37.8 Å². The van der Waals surface area contributed by atoms with Crippen molar-refractivity contribution in [3.63, 3.8) is 0 Å². The van der Waals surface area contributed by atoms with Crippen LogP contribution in [0.4, 0.5) is 0 Å². The van der Waals surface area contributed by atoms with Gasteiger partial charge in [0.1, 0.15) is 0 Å². The molecule has 0 unspecified atom stereocenters. The molecule has 0 fully saturated rings. The summed E-state index contributed by atoms with van der Waals surface area (Å²) in [5, 5.41) is 20.3. The molecule has 0 atom stereocenters. The molecule has 0 heterocycles. The fraction of sp³-hybridized carbons (Fsp3) is 0.818. The Bertz CT molecular complexity index is 809. The van der Waals surface area contributed by atoms with Crippen LogP contribution in [-0.4, -0.2) is 37.1 Å².